The number of hydrogen-bond acceptors (Lipinski definition) is 3. The van der Waals surface area contributed by atoms with Crippen molar-refractivity contribution in [1.29, 1.82) is 0 Å². The molecule has 1 saturated heterocycles. The Morgan fingerprint density at radius 3 is 2.94 bits per heavy atom. The maximum Gasteiger partial charge on any atom is 0.246 e. The van der Waals surface area contributed by atoms with Crippen LogP contribution in [0.15, 0.2) is 24.3 Å². The maximum absolute atomic E-state index is 11.7. The highest BCUT2D eigenvalue weighted by Gasteiger charge is 2.26. The molecule has 5 nitrogen and oxygen atoms in total. The molecule has 16 heavy (non-hydrogen) atoms. The minimum atomic E-state index is -0.422. The fourth-order valence-electron chi connectivity index (χ4n) is 1.66. The summed E-state index contributed by atoms with van der Waals surface area (Å²) < 4.78 is 0. The minimum Gasteiger partial charge on any atom is -0.399 e. The van der Waals surface area contributed by atoms with Gasteiger partial charge in [-0.15, -0.1) is 0 Å². The molecule has 5 heteroatoms. The van der Waals surface area contributed by atoms with E-state index in [2.05, 4.69) is 10.6 Å². The van der Waals surface area contributed by atoms with Crippen LogP contribution < -0.4 is 16.4 Å². The van der Waals surface area contributed by atoms with Crippen LogP contribution in [0.1, 0.15) is 12.8 Å². The topological polar surface area (TPSA) is 84.2 Å². The Kier molecular flexibility index (Phi) is 2.76. The Morgan fingerprint density at radius 2 is 2.31 bits per heavy atom. The van der Waals surface area contributed by atoms with E-state index in [1.807, 2.05) is 0 Å². The lowest BCUT2D eigenvalue weighted by Crippen LogP contribution is -2.37. The average Bonchev–Trinajstić information content (AvgIpc) is 2.65. The van der Waals surface area contributed by atoms with Gasteiger partial charge in [-0.25, -0.2) is 0 Å². The van der Waals surface area contributed by atoms with Crippen molar-refractivity contribution in [2.75, 3.05) is 11.1 Å². The van der Waals surface area contributed by atoms with Crippen LogP contribution >= 0.6 is 0 Å². The van der Waals surface area contributed by atoms with Gasteiger partial charge in [-0.3, -0.25) is 9.59 Å². The van der Waals surface area contributed by atoms with Crippen LogP contribution in [0.4, 0.5) is 11.4 Å². The van der Waals surface area contributed by atoms with E-state index in [4.69, 9.17) is 5.73 Å². The molecule has 0 aliphatic carbocycles. The maximum atomic E-state index is 11.7. The van der Waals surface area contributed by atoms with Crippen LogP contribution in [0.2, 0.25) is 0 Å². The van der Waals surface area contributed by atoms with E-state index < -0.39 is 6.04 Å². The second-order valence-corrected chi connectivity index (χ2v) is 3.77. The van der Waals surface area contributed by atoms with Crippen LogP contribution in [-0.2, 0) is 9.59 Å². The lowest BCUT2D eigenvalue weighted by molar-refractivity contribution is -0.122. The van der Waals surface area contributed by atoms with Gasteiger partial charge in [-0.2, -0.15) is 0 Å². The zero-order valence-electron chi connectivity index (χ0n) is 8.69. The van der Waals surface area contributed by atoms with Gasteiger partial charge in [0.05, 0.1) is 0 Å². The Hall–Kier alpha value is -2.04. The molecular formula is C11H13N3O2. The van der Waals surface area contributed by atoms with Crippen molar-refractivity contribution in [3.8, 4) is 0 Å². The first-order valence-corrected chi connectivity index (χ1v) is 5.11. The number of nitrogens with one attached hydrogen (secondary N) is 2. The molecule has 1 heterocycles. The van der Waals surface area contributed by atoms with Crippen LogP contribution in [0, 0.1) is 0 Å². The third kappa shape index (κ3) is 2.31. The number of amides is 2. The molecule has 84 valence electrons. The molecule has 1 aliphatic heterocycles. The summed E-state index contributed by atoms with van der Waals surface area (Å²) in [5.74, 6) is -0.274. The molecule has 2 rings (SSSR count). The molecule has 1 fully saturated rings. The standard InChI is InChI=1S/C11H13N3O2/c12-7-2-1-3-8(6-7)13-11(16)9-4-5-10(15)14-9/h1-3,6,9H,4-5,12H2,(H,13,16)(H,14,15). The molecule has 0 aromatic heterocycles. The van der Waals surface area contributed by atoms with Gasteiger partial charge in [-0.05, 0) is 24.6 Å². The van der Waals surface area contributed by atoms with E-state index in [0.29, 0.717) is 24.2 Å². The van der Waals surface area contributed by atoms with Crippen molar-refractivity contribution in [2.45, 2.75) is 18.9 Å². The first-order chi connectivity index (χ1) is 7.65. The van der Waals surface area contributed by atoms with Gasteiger partial charge in [0.25, 0.3) is 0 Å². The average molecular weight is 219 g/mol. The largest absolute Gasteiger partial charge is 0.399 e. The molecule has 1 aliphatic rings. The fraction of sp³-hybridized carbons (Fsp3) is 0.273. The molecule has 1 unspecified atom stereocenters. The predicted octanol–water partition coefficient (Wildman–Crippen LogP) is 0.486. The van der Waals surface area contributed by atoms with Gasteiger partial charge >= 0.3 is 0 Å². The molecule has 1 aromatic carbocycles. The van der Waals surface area contributed by atoms with E-state index in [-0.39, 0.29) is 11.8 Å². The molecule has 0 radical (unpaired) electrons. The summed E-state index contributed by atoms with van der Waals surface area (Å²) in [4.78, 5) is 22.7. The predicted molar refractivity (Wildman–Crippen MR) is 60.6 cm³/mol. The molecular weight excluding hydrogens is 206 g/mol. The number of nitrogens with two attached hydrogens (primary N) is 1. The Bertz CT molecular complexity index is 431. The van der Waals surface area contributed by atoms with Crippen LogP contribution in [0.25, 0.3) is 0 Å². The summed E-state index contributed by atoms with van der Waals surface area (Å²) in [5, 5.41) is 5.32. The number of carbonyl (C=O) groups is 2. The molecule has 1 aromatic rings. The monoisotopic (exact) mass is 219 g/mol. The van der Waals surface area contributed by atoms with Gasteiger partial charge in [0.1, 0.15) is 6.04 Å². The van der Waals surface area contributed by atoms with Crippen LogP contribution in [-0.4, -0.2) is 17.9 Å². The Morgan fingerprint density at radius 1 is 1.50 bits per heavy atom. The fourth-order valence-corrected chi connectivity index (χ4v) is 1.66. The smallest absolute Gasteiger partial charge is 0.246 e. The number of benzene rings is 1. The lowest BCUT2D eigenvalue weighted by Gasteiger charge is -2.10. The van der Waals surface area contributed by atoms with E-state index in [1.54, 1.807) is 24.3 Å². The number of nitrogen functional groups attached to an aromatic ring is 1. The van der Waals surface area contributed by atoms with Gasteiger partial charge in [-0.1, -0.05) is 6.07 Å². The first-order valence-electron chi connectivity index (χ1n) is 5.11. The van der Waals surface area contributed by atoms with Gasteiger partial charge in [0.15, 0.2) is 0 Å². The molecule has 0 saturated carbocycles. The van der Waals surface area contributed by atoms with E-state index in [1.165, 1.54) is 0 Å². The zero-order chi connectivity index (χ0) is 11.5. The first kappa shape index (κ1) is 10.5. The number of carbonyl (C=O) groups excluding carboxylic acids is 2. The van der Waals surface area contributed by atoms with Crippen molar-refractivity contribution < 1.29 is 9.59 Å². The molecule has 1 atom stereocenters. The quantitative estimate of drug-likeness (QED) is 0.633. The summed E-state index contributed by atoms with van der Waals surface area (Å²) in [6, 6.07) is 6.51. The van der Waals surface area contributed by atoms with Gasteiger partial charge in [0, 0.05) is 17.8 Å². The molecule has 0 spiro atoms. The van der Waals surface area contributed by atoms with Crippen molar-refractivity contribution in [3.05, 3.63) is 24.3 Å². The third-order valence-electron chi connectivity index (χ3n) is 2.47. The summed E-state index contributed by atoms with van der Waals surface area (Å²) in [6.07, 6.45) is 0.960. The summed E-state index contributed by atoms with van der Waals surface area (Å²) >= 11 is 0. The highest BCUT2D eigenvalue weighted by Crippen LogP contribution is 2.14. The third-order valence-corrected chi connectivity index (χ3v) is 2.47. The van der Waals surface area contributed by atoms with E-state index in [0.717, 1.165) is 0 Å². The normalized spacial score (nSPS) is 19.2. The van der Waals surface area contributed by atoms with Crippen molar-refractivity contribution in [3.63, 3.8) is 0 Å². The van der Waals surface area contributed by atoms with Crippen LogP contribution in [0.3, 0.4) is 0 Å². The second-order valence-electron chi connectivity index (χ2n) is 3.77. The number of hydrogen-bond donors (Lipinski definition) is 3. The Labute approximate surface area is 93.0 Å². The van der Waals surface area contributed by atoms with E-state index >= 15 is 0 Å². The van der Waals surface area contributed by atoms with Gasteiger partial charge < -0.3 is 16.4 Å². The lowest BCUT2D eigenvalue weighted by atomic mass is 10.2. The highest BCUT2D eigenvalue weighted by atomic mass is 16.2. The minimum absolute atomic E-state index is 0.0762. The molecule has 0 bridgehead atoms. The number of anilines is 2. The summed E-state index contributed by atoms with van der Waals surface area (Å²) in [5.41, 5.74) is 6.82. The Balaban J connectivity index is 1.99. The highest BCUT2D eigenvalue weighted by molar-refractivity contribution is 5.99. The zero-order valence-corrected chi connectivity index (χ0v) is 8.69. The summed E-state index contributed by atoms with van der Waals surface area (Å²) in [6.45, 7) is 0. The SMILES string of the molecule is Nc1cccc(NC(=O)C2CCC(=O)N2)c1. The summed E-state index contributed by atoms with van der Waals surface area (Å²) in [7, 11) is 0. The second kappa shape index (κ2) is 4.22. The van der Waals surface area contributed by atoms with Crippen molar-refractivity contribution in [1.82, 2.24) is 5.32 Å². The van der Waals surface area contributed by atoms with Crippen molar-refractivity contribution >= 4 is 23.2 Å². The van der Waals surface area contributed by atoms with Crippen molar-refractivity contribution in [2.24, 2.45) is 0 Å². The van der Waals surface area contributed by atoms with Gasteiger partial charge in [0.2, 0.25) is 11.8 Å². The van der Waals surface area contributed by atoms with E-state index in [9.17, 15) is 9.59 Å². The number of rotatable bonds is 2. The van der Waals surface area contributed by atoms with Crippen LogP contribution in [0.5, 0.6) is 0 Å². The molecule has 4 N–H and O–H groups in total. The molecule has 2 amide bonds.